The molecule has 2 rings (SSSR count). The Morgan fingerprint density at radius 2 is 2.22 bits per heavy atom. The van der Waals surface area contributed by atoms with E-state index in [1.54, 1.807) is 18.3 Å². The zero-order valence-corrected chi connectivity index (χ0v) is 13.4. The van der Waals surface area contributed by atoms with Crippen LogP contribution in [0.1, 0.15) is 48.9 Å². The van der Waals surface area contributed by atoms with Gasteiger partial charge in [-0.2, -0.15) is 0 Å². The summed E-state index contributed by atoms with van der Waals surface area (Å²) in [7, 11) is 0. The van der Waals surface area contributed by atoms with Gasteiger partial charge in [-0.15, -0.1) is 6.42 Å². The van der Waals surface area contributed by atoms with E-state index in [1.165, 1.54) is 6.42 Å². The van der Waals surface area contributed by atoms with Crippen molar-refractivity contribution >= 4 is 11.7 Å². The van der Waals surface area contributed by atoms with Crippen molar-refractivity contribution in [1.82, 2.24) is 10.3 Å². The normalized spacial score (nSPS) is 20.5. The zero-order valence-electron chi connectivity index (χ0n) is 13.4. The van der Waals surface area contributed by atoms with Gasteiger partial charge in [-0.05, 0) is 43.7 Å². The summed E-state index contributed by atoms with van der Waals surface area (Å²) in [6.45, 7) is 1.03. The molecule has 0 spiro atoms. The van der Waals surface area contributed by atoms with Crippen molar-refractivity contribution < 1.29 is 9.90 Å². The lowest BCUT2D eigenvalue weighted by atomic mass is 9.83. The number of hydrogen-bond donors (Lipinski definition) is 3. The number of pyridine rings is 1. The summed E-state index contributed by atoms with van der Waals surface area (Å²) >= 11 is 0. The maximum absolute atomic E-state index is 11.7. The third-order valence-corrected chi connectivity index (χ3v) is 4.30. The van der Waals surface area contributed by atoms with E-state index in [9.17, 15) is 9.90 Å². The average Bonchev–Trinajstić information content (AvgIpc) is 2.58. The monoisotopic (exact) mass is 315 g/mol. The molecule has 0 bridgehead atoms. The van der Waals surface area contributed by atoms with Crippen LogP contribution in [0.15, 0.2) is 18.3 Å². The van der Waals surface area contributed by atoms with E-state index in [1.807, 2.05) is 0 Å². The molecule has 0 saturated heterocycles. The molecule has 2 atom stereocenters. The molecule has 1 saturated carbocycles. The summed E-state index contributed by atoms with van der Waals surface area (Å²) in [6, 6.07) is 3.52. The van der Waals surface area contributed by atoms with Gasteiger partial charge in [0.25, 0.3) is 5.91 Å². The first-order chi connectivity index (χ1) is 11.2. The fraction of sp³-hybridized carbons (Fsp3) is 0.556. The SMILES string of the molecule is C#CCNC(=O)c1ccc(NCCCC2CCCCC2O)nc1. The summed E-state index contributed by atoms with van der Waals surface area (Å²) in [5.41, 5.74) is 0.496. The highest BCUT2D eigenvalue weighted by atomic mass is 16.3. The van der Waals surface area contributed by atoms with Gasteiger partial charge in [-0.1, -0.05) is 18.8 Å². The molecule has 124 valence electrons. The van der Waals surface area contributed by atoms with E-state index in [2.05, 4.69) is 21.5 Å². The average molecular weight is 315 g/mol. The Kier molecular flexibility index (Phi) is 6.89. The number of carbonyl (C=O) groups excluding carboxylic acids is 1. The van der Waals surface area contributed by atoms with E-state index < -0.39 is 0 Å². The Morgan fingerprint density at radius 3 is 2.91 bits per heavy atom. The molecular weight excluding hydrogens is 290 g/mol. The second kappa shape index (κ2) is 9.16. The second-order valence-electron chi connectivity index (χ2n) is 6.00. The summed E-state index contributed by atoms with van der Waals surface area (Å²) in [5, 5.41) is 15.8. The molecule has 1 aliphatic carbocycles. The van der Waals surface area contributed by atoms with Gasteiger partial charge >= 0.3 is 0 Å². The number of terminal acetylenes is 1. The molecule has 1 amide bonds. The van der Waals surface area contributed by atoms with E-state index in [0.29, 0.717) is 11.5 Å². The van der Waals surface area contributed by atoms with Crippen LogP contribution in [0.4, 0.5) is 5.82 Å². The van der Waals surface area contributed by atoms with Crippen LogP contribution in [0, 0.1) is 18.3 Å². The zero-order chi connectivity index (χ0) is 16.5. The first kappa shape index (κ1) is 17.3. The number of aromatic nitrogens is 1. The maximum atomic E-state index is 11.7. The third kappa shape index (κ3) is 5.57. The summed E-state index contributed by atoms with van der Waals surface area (Å²) in [5.74, 6) is 3.34. The van der Waals surface area contributed by atoms with Crippen molar-refractivity contribution in [3.63, 3.8) is 0 Å². The van der Waals surface area contributed by atoms with Gasteiger partial charge < -0.3 is 15.7 Å². The van der Waals surface area contributed by atoms with Gasteiger partial charge in [0, 0.05) is 12.7 Å². The van der Waals surface area contributed by atoms with Gasteiger partial charge in [0.2, 0.25) is 0 Å². The van der Waals surface area contributed by atoms with Crippen LogP contribution in [-0.2, 0) is 0 Å². The quantitative estimate of drug-likeness (QED) is 0.533. The standard InChI is InChI=1S/C18H25N3O2/c1-2-11-20-18(23)15-9-10-17(21-13-15)19-12-5-7-14-6-3-4-8-16(14)22/h1,9-10,13-14,16,22H,3-8,11-12H2,(H,19,21)(H,20,23). The summed E-state index contributed by atoms with van der Waals surface area (Å²) in [4.78, 5) is 15.9. The van der Waals surface area contributed by atoms with Crippen molar-refractivity contribution in [2.45, 2.75) is 44.6 Å². The molecule has 0 aromatic carbocycles. The number of nitrogens with one attached hydrogen (secondary N) is 2. The Hall–Kier alpha value is -2.06. The van der Waals surface area contributed by atoms with Gasteiger partial charge in [0.15, 0.2) is 0 Å². The lowest BCUT2D eigenvalue weighted by Gasteiger charge is -2.27. The van der Waals surface area contributed by atoms with Crippen LogP contribution in [0.2, 0.25) is 0 Å². The Labute approximate surface area is 137 Å². The molecule has 1 fully saturated rings. The summed E-state index contributed by atoms with van der Waals surface area (Å²) in [6.07, 6.45) is 13.0. The minimum absolute atomic E-state index is 0.123. The molecule has 23 heavy (non-hydrogen) atoms. The van der Waals surface area contributed by atoms with Crippen LogP contribution in [0.25, 0.3) is 0 Å². The highest BCUT2D eigenvalue weighted by Crippen LogP contribution is 2.27. The number of rotatable bonds is 7. The minimum atomic E-state index is -0.215. The minimum Gasteiger partial charge on any atom is -0.393 e. The van der Waals surface area contributed by atoms with E-state index in [0.717, 1.165) is 44.5 Å². The molecule has 5 nitrogen and oxygen atoms in total. The molecule has 1 aliphatic rings. The number of aliphatic hydroxyl groups is 1. The van der Waals surface area contributed by atoms with Crippen LogP contribution >= 0.6 is 0 Å². The topological polar surface area (TPSA) is 74.2 Å². The lowest BCUT2D eigenvalue weighted by molar-refractivity contribution is 0.0648. The van der Waals surface area contributed by atoms with Crippen molar-refractivity contribution in [1.29, 1.82) is 0 Å². The van der Waals surface area contributed by atoms with Crippen LogP contribution in [0.3, 0.4) is 0 Å². The molecular formula is C18H25N3O2. The second-order valence-corrected chi connectivity index (χ2v) is 6.00. The van der Waals surface area contributed by atoms with E-state index in [-0.39, 0.29) is 18.6 Å². The molecule has 2 unspecified atom stereocenters. The molecule has 3 N–H and O–H groups in total. The largest absolute Gasteiger partial charge is 0.393 e. The van der Waals surface area contributed by atoms with Gasteiger partial charge in [0.05, 0.1) is 18.2 Å². The molecule has 1 aromatic heterocycles. The predicted molar refractivity (Wildman–Crippen MR) is 91.1 cm³/mol. The van der Waals surface area contributed by atoms with Gasteiger partial charge in [0.1, 0.15) is 5.82 Å². The molecule has 1 aromatic rings. The summed E-state index contributed by atoms with van der Waals surface area (Å²) < 4.78 is 0. The van der Waals surface area contributed by atoms with Gasteiger partial charge in [-0.25, -0.2) is 4.98 Å². The predicted octanol–water partition coefficient (Wildman–Crippen LogP) is 2.19. The van der Waals surface area contributed by atoms with Crippen molar-refractivity contribution in [2.75, 3.05) is 18.4 Å². The first-order valence-corrected chi connectivity index (χ1v) is 8.30. The smallest absolute Gasteiger partial charge is 0.253 e. The first-order valence-electron chi connectivity index (χ1n) is 8.30. The van der Waals surface area contributed by atoms with Crippen molar-refractivity contribution in [2.24, 2.45) is 5.92 Å². The number of anilines is 1. The van der Waals surface area contributed by atoms with E-state index >= 15 is 0 Å². The Morgan fingerprint density at radius 1 is 1.39 bits per heavy atom. The van der Waals surface area contributed by atoms with Crippen LogP contribution < -0.4 is 10.6 Å². The van der Waals surface area contributed by atoms with Crippen molar-refractivity contribution in [3.8, 4) is 12.3 Å². The molecule has 0 radical (unpaired) electrons. The fourth-order valence-electron chi connectivity index (χ4n) is 2.97. The Bertz CT molecular complexity index is 536. The van der Waals surface area contributed by atoms with Crippen LogP contribution in [0.5, 0.6) is 0 Å². The lowest BCUT2D eigenvalue weighted by Crippen LogP contribution is -2.25. The number of hydrogen-bond acceptors (Lipinski definition) is 4. The van der Waals surface area contributed by atoms with Crippen LogP contribution in [-0.4, -0.2) is 35.2 Å². The molecule has 0 aliphatic heterocycles. The highest BCUT2D eigenvalue weighted by molar-refractivity contribution is 5.94. The number of nitrogens with zero attached hydrogens (tertiary/aromatic N) is 1. The number of amides is 1. The maximum Gasteiger partial charge on any atom is 0.253 e. The highest BCUT2D eigenvalue weighted by Gasteiger charge is 2.22. The number of carbonyl (C=O) groups is 1. The molecule has 1 heterocycles. The Balaban J connectivity index is 1.69. The third-order valence-electron chi connectivity index (χ3n) is 4.30. The number of aliphatic hydroxyl groups excluding tert-OH is 1. The fourth-order valence-corrected chi connectivity index (χ4v) is 2.97. The molecule has 5 heteroatoms. The van der Waals surface area contributed by atoms with Crippen molar-refractivity contribution in [3.05, 3.63) is 23.9 Å². The van der Waals surface area contributed by atoms with Gasteiger partial charge in [-0.3, -0.25) is 4.79 Å². The van der Waals surface area contributed by atoms with E-state index in [4.69, 9.17) is 6.42 Å².